The predicted molar refractivity (Wildman–Crippen MR) is 174 cm³/mol. The lowest BCUT2D eigenvalue weighted by Gasteiger charge is -2.29. The molecule has 0 spiro atoms. The SMILES string of the molecule is Cc1oncc1N(O[SiH](C)C)C(=O)[C@H](CC[C@@H](Cc1ccccc1)NC(=O)OC(C)(C)C)Cc1ccc(C(C)(C)C)cc1. The number of anilines is 1. The lowest BCUT2D eigenvalue weighted by Crippen LogP contribution is -2.42. The molecule has 1 aromatic heterocycles. The van der Waals surface area contributed by atoms with Crippen molar-refractivity contribution >= 4 is 26.7 Å². The zero-order valence-electron chi connectivity index (χ0n) is 27.3. The maximum Gasteiger partial charge on any atom is 0.407 e. The van der Waals surface area contributed by atoms with Gasteiger partial charge in [0.1, 0.15) is 11.3 Å². The molecule has 1 heterocycles. The van der Waals surface area contributed by atoms with Crippen molar-refractivity contribution in [2.45, 2.75) is 104 Å². The van der Waals surface area contributed by atoms with Crippen LogP contribution in [-0.4, -0.2) is 37.8 Å². The molecule has 8 nitrogen and oxygen atoms in total. The van der Waals surface area contributed by atoms with Gasteiger partial charge in [-0.05, 0) is 88.6 Å². The van der Waals surface area contributed by atoms with Gasteiger partial charge in [0.2, 0.25) is 9.04 Å². The van der Waals surface area contributed by atoms with Crippen LogP contribution in [0.2, 0.25) is 13.1 Å². The zero-order chi connectivity index (χ0) is 31.8. The molecule has 0 aliphatic rings. The number of carbonyl (C=O) groups is 2. The highest BCUT2D eigenvalue weighted by Gasteiger charge is 2.31. The maximum absolute atomic E-state index is 14.3. The van der Waals surface area contributed by atoms with Crippen molar-refractivity contribution < 1.29 is 23.4 Å². The summed E-state index contributed by atoms with van der Waals surface area (Å²) in [7, 11) is -1.67. The monoisotopic (exact) mass is 607 g/mol. The first-order chi connectivity index (χ1) is 20.1. The molecule has 0 radical (unpaired) electrons. The molecular weight excluding hydrogens is 558 g/mol. The van der Waals surface area contributed by atoms with Crippen molar-refractivity contribution in [1.82, 2.24) is 10.5 Å². The van der Waals surface area contributed by atoms with Crippen LogP contribution in [0.5, 0.6) is 0 Å². The van der Waals surface area contributed by atoms with Crippen LogP contribution >= 0.6 is 0 Å². The number of ether oxygens (including phenoxy) is 1. The molecule has 0 aliphatic carbocycles. The topological polar surface area (TPSA) is 93.9 Å². The van der Waals surface area contributed by atoms with Crippen molar-refractivity contribution in [3.05, 3.63) is 83.2 Å². The Balaban J connectivity index is 1.91. The van der Waals surface area contributed by atoms with Crippen LogP contribution in [-0.2, 0) is 32.3 Å². The van der Waals surface area contributed by atoms with Gasteiger partial charge in [0, 0.05) is 12.0 Å². The van der Waals surface area contributed by atoms with Crippen LogP contribution in [0.3, 0.4) is 0 Å². The van der Waals surface area contributed by atoms with Crippen molar-refractivity contribution in [2.75, 3.05) is 5.06 Å². The first-order valence-electron chi connectivity index (χ1n) is 15.2. The molecule has 3 aromatic rings. The zero-order valence-corrected chi connectivity index (χ0v) is 28.4. The average molecular weight is 608 g/mol. The van der Waals surface area contributed by atoms with Gasteiger partial charge in [0.05, 0.1) is 6.20 Å². The van der Waals surface area contributed by atoms with E-state index in [2.05, 4.69) is 55.5 Å². The van der Waals surface area contributed by atoms with E-state index in [-0.39, 0.29) is 17.4 Å². The highest BCUT2D eigenvalue weighted by Crippen LogP contribution is 2.28. The van der Waals surface area contributed by atoms with Crippen molar-refractivity contribution in [3.63, 3.8) is 0 Å². The van der Waals surface area contributed by atoms with Crippen LogP contribution < -0.4 is 10.4 Å². The van der Waals surface area contributed by atoms with Crippen LogP contribution in [0.15, 0.2) is 65.3 Å². The van der Waals surface area contributed by atoms with E-state index in [4.69, 9.17) is 13.8 Å². The summed E-state index contributed by atoms with van der Waals surface area (Å²) in [4.78, 5) is 27.1. The second kappa shape index (κ2) is 14.8. The molecule has 43 heavy (non-hydrogen) atoms. The largest absolute Gasteiger partial charge is 0.444 e. The Morgan fingerprint density at radius 3 is 2.09 bits per heavy atom. The van der Waals surface area contributed by atoms with Crippen molar-refractivity contribution in [3.8, 4) is 0 Å². The van der Waals surface area contributed by atoms with E-state index in [1.165, 1.54) is 16.8 Å². The lowest BCUT2D eigenvalue weighted by molar-refractivity contribution is -0.127. The first-order valence-corrected chi connectivity index (χ1v) is 18.0. The quantitative estimate of drug-likeness (QED) is 0.171. The highest BCUT2D eigenvalue weighted by molar-refractivity contribution is 6.48. The number of rotatable bonds is 12. The normalized spacial score (nSPS) is 13.4. The number of alkyl carbamates (subject to hydrolysis) is 1. The number of aromatic nitrogens is 1. The van der Waals surface area contributed by atoms with Crippen molar-refractivity contribution in [2.24, 2.45) is 5.92 Å². The van der Waals surface area contributed by atoms with Gasteiger partial charge >= 0.3 is 6.09 Å². The number of nitrogens with zero attached hydrogens (tertiary/aromatic N) is 2. The number of carbonyl (C=O) groups excluding carboxylic acids is 2. The van der Waals surface area contributed by atoms with E-state index in [1.54, 1.807) is 6.92 Å². The van der Waals surface area contributed by atoms with Gasteiger partial charge in [-0.1, -0.05) is 80.5 Å². The fourth-order valence-electron chi connectivity index (χ4n) is 4.83. The van der Waals surface area contributed by atoms with Crippen LogP contribution in [0.1, 0.15) is 76.8 Å². The summed E-state index contributed by atoms with van der Waals surface area (Å²) in [6.45, 7) is 17.9. The predicted octanol–water partition coefficient (Wildman–Crippen LogP) is 7.30. The number of hydrogen-bond donors (Lipinski definition) is 1. The Morgan fingerprint density at radius 1 is 0.930 bits per heavy atom. The van der Waals surface area contributed by atoms with E-state index in [0.29, 0.717) is 37.1 Å². The Bertz CT molecular complexity index is 1310. The summed E-state index contributed by atoms with van der Waals surface area (Å²) in [5.41, 5.74) is 3.33. The fourth-order valence-corrected chi connectivity index (χ4v) is 5.47. The Morgan fingerprint density at radius 2 is 1.56 bits per heavy atom. The number of nitrogens with one attached hydrogen (secondary N) is 1. The minimum atomic E-state index is -1.67. The summed E-state index contributed by atoms with van der Waals surface area (Å²) >= 11 is 0. The highest BCUT2D eigenvalue weighted by atomic mass is 28.3. The van der Waals surface area contributed by atoms with E-state index in [1.807, 2.05) is 64.2 Å². The number of hydrogen-bond acceptors (Lipinski definition) is 6. The molecule has 2 aromatic carbocycles. The van der Waals surface area contributed by atoms with Gasteiger partial charge in [-0.25, -0.2) is 4.79 Å². The molecule has 2 amide bonds. The van der Waals surface area contributed by atoms with Crippen LogP contribution in [0.4, 0.5) is 10.5 Å². The van der Waals surface area contributed by atoms with Gasteiger partial charge in [-0.15, -0.1) is 0 Å². The third kappa shape index (κ3) is 11.0. The average Bonchev–Trinajstić information content (AvgIpc) is 3.33. The molecule has 0 aliphatic heterocycles. The van der Waals surface area contributed by atoms with E-state index < -0.39 is 26.7 Å². The third-order valence-electron chi connectivity index (χ3n) is 7.02. The molecule has 0 saturated carbocycles. The van der Waals surface area contributed by atoms with Gasteiger partial charge in [0.15, 0.2) is 5.76 Å². The second-order valence-electron chi connectivity index (χ2n) is 13.5. The molecule has 1 N–H and O–H groups in total. The summed E-state index contributed by atoms with van der Waals surface area (Å²) in [6, 6.07) is 18.3. The molecule has 0 fully saturated rings. The fraction of sp³-hybridized carbons (Fsp3) is 0.500. The van der Waals surface area contributed by atoms with E-state index in [0.717, 1.165) is 11.1 Å². The van der Waals surface area contributed by atoms with Crippen LogP contribution in [0.25, 0.3) is 0 Å². The molecule has 3 rings (SSSR count). The maximum atomic E-state index is 14.3. The second-order valence-corrected chi connectivity index (χ2v) is 15.8. The van der Waals surface area contributed by atoms with E-state index >= 15 is 0 Å². The number of benzene rings is 2. The molecule has 0 saturated heterocycles. The van der Waals surface area contributed by atoms with Crippen molar-refractivity contribution in [1.29, 1.82) is 0 Å². The minimum absolute atomic E-state index is 0.0318. The van der Waals surface area contributed by atoms with E-state index in [9.17, 15) is 9.59 Å². The lowest BCUT2D eigenvalue weighted by atomic mass is 9.85. The number of amides is 2. The molecular formula is C34H49N3O5Si. The first kappa shape index (κ1) is 34.1. The number of hydroxylamine groups is 1. The van der Waals surface area contributed by atoms with Crippen LogP contribution in [0, 0.1) is 12.8 Å². The number of aryl methyl sites for hydroxylation is 1. The molecule has 0 unspecified atom stereocenters. The summed E-state index contributed by atoms with van der Waals surface area (Å²) in [5.74, 6) is -0.0470. The smallest absolute Gasteiger partial charge is 0.407 e. The minimum Gasteiger partial charge on any atom is -0.444 e. The Hall–Kier alpha value is -3.43. The molecule has 9 heteroatoms. The Labute approximate surface area is 258 Å². The van der Waals surface area contributed by atoms with Gasteiger partial charge in [-0.3, -0.25) is 4.79 Å². The van der Waals surface area contributed by atoms with Gasteiger partial charge in [0.25, 0.3) is 5.91 Å². The van der Waals surface area contributed by atoms with Gasteiger partial charge in [-0.2, -0.15) is 5.06 Å². The Kier molecular flexibility index (Phi) is 11.8. The molecule has 0 bridgehead atoms. The third-order valence-corrected chi connectivity index (χ3v) is 7.65. The molecule has 2 atom stereocenters. The molecule has 234 valence electrons. The van der Waals surface area contributed by atoms with Gasteiger partial charge < -0.3 is 19.1 Å². The summed E-state index contributed by atoms with van der Waals surface area (Å²) < 4.78 is 17.1. The standard InChI is InChI=1S/C34H49N3O5Si/c1-24-30(23-35-41-24)37(42-43(8)9)31(38)27(21-26-15-18-28(19-16-26)33(2,3)4)17-20-29(22-25-13-11-10-12-14-25)36-32(39)40-34(5,6)7/h10-16,18-19,23,27,29,43H,17,20-22H2,1-9H3,(H,36,39)/t27-,29+/m1/s1. The summed E-state index contributed by atoms with van der Waals surface area (Å²) in [6.07, 6.45) is 3.30. The summed E-state index contributed by atoms with van der Waals surface area (Å²) in [5, 5.41) is 8.36.